The molecule has 0 fully saturated rings. The largest absolute Gasteiger partial charge is 0.336 e. The van der Waals surface area contributed by atoms with Gasteiger partial charge < -0.3 is 5.32 Å². The molecule has 2 nitrogen and oxygen atoms in total. The van der Waals surface area contributed by atoms with Gasteiger partial charge in [0, 0.05) is 5.56 Å². The first-order chi connectivity index (χ1) is 5.29. The lowest BCUT2D eigenvalue weighted by Gasteiger charge is -1.98. The van der Waals surface area contributed by atoms with Gasteiger partial charge in [-0.05, 0) is 11.6 Å². The predicted molar refractivity (Wildman–Crippen MR) is 50.7 cm³/mol. The Bertz CT molecular complexity index is 311. The van der Waals surface area contributed by atoms with Gasteiger partial charge in [-0.3, -0.25) is 4.79 Å². The van der Waals surface area contributed by atoms with Crippen LogP contribution in [0.4, 0.5) is 0 Å². The van der Waals surface area contributed by atoms with E-state index in [-0.39, 0.29) is 9.96 Å². The lowest BCUT2D eigenvalue weighted by molar-refractivity contribution is 0.0966. The standard InChI is InChI=1S/C8H6INO/c9-7-5-3-1-2-4-6(5)8(11)10-7/h1-4,7H,(H,10,11). The summed E-state index contributed by atoms with van der Waals surface area (Å²) in [7, 11) is 0. The molecule has 0 radical (unpaired) electrons. The SMILES string of the molecule is O=C1NC(I)c2ccccc21. The van der Waals surface area contributed by atoms with E-state index in [9.17, 15) is 4.79 Å². The average molecular weight is 259 g/mol. The molecule has 3 heteroatoms. The van der Waals surface area contributed by atoms with E-state index in [4.69, 9.17) is 0 Å². The van der Waals surface area contributed by atoms with Gasteiger partial charge in [-0.15, -0.1) is 0 Å². The molecule has 1 aromatic carbocycles. The fourth-order valence-electron chi connectivity index (χ4n) is 1.20. The Labute approximate surface area is 78.1 Å². The first-order valence-corrected chi connectivity index (χ1v) is 4.57. The van der Waals surface area contributed by atoms with Gasteiger partial charge in [0.2, 0.25) is 0 Å². The minimum absolute atomic E-state index is 0.0417. The average Bonchev–Trinajstić information content (AvgIpc) is 2.30. The highest BCUT2D eigenvalue weighted by atomic mass is 127. The molecule has 1 aliphatic heterocycles. The van der Waals surface area contributed by atoms with Crippen molar-refractivity contribution < 1.29 is 4.79 Å². The fourth-order valence-corrected chi connectivity index (χ4v) is 2.02. The molecule has 0 aliphatic carbocycles. The van der Waals surface area contributed by atoms with E-state index in [0.29, 0.717) is 0 Å². The van der Waals surface area contributed by atoms with Crippen molar-refractivity contribution in [3.8, 4) is 0 Å². The summed E-state index contributed by atoms with van der Waals surface area (Å²) in [6.45, 7) is 0. The van der Waals surface area contributed by atoms with Gasteiger partial charge in [0.15, 0.2) is 0 Å². The number of alkyl halides is 1. The van der Waals surface area contributed by atoms with Crippen LogP contribution in [-0.2, 0) is 0 Å². The van der Waals surface area contributed by atoms with Gasteiger partial charge in [0.05, 0.1) is 0 Å². The molecular formula is C8H6INO. The van der Waals surface area contributed by atoms with Crippen LogP contribution in [0.2, 0.25) is 0 Å². The smallest absolute Gasteiger partial charge is 0.252 e. The van der Waals surface area contributed by atoms with E-state index in [0.717, 1.165) is 11.1 Å². The highest BCUT2D eigenvalue weighted by Crippen LogP contribution is 2.29. The molecule has 11 heavy (non-hydrogen) atoms. The zero-order chi connectivity index (χ0) is 7.84. The molecular weight excluding hydrogens is 253 g/mol. The fraction of sp³-hybridized carbons (Fsp3) is 0.125. The number of hydrogen-bond donors (Lipinski definition) is 1. The maximum atomic E-state index is 11.2. The molecule has 1 unspecified atom stereocenters. The number of carbonyl (C=O) groups is 1. The quantitative estimate of drug-likeness (QED) is 0.430. The zero-order valence-corrected chi connectivity index (χ0v) is 7.83. The maximum absolute atomic E-state index is 11.2. The van der Waals surface area contributed by atoms with Crippen LogP contribution in [0.5, 0.6) is 0 Å². The van der Waals surface area contributed by atoms with Crippen LogP contribution in [0.3, 0.4) is 0 Å². The Kier molecular flexibility index (Phi) is 1.60. The van der Waals surface area contributed by atoms with E-state index in [1.54, 1.807) is 0 Å². The molecule has 0 saturated heterocycles. The Morgan fingerprint density at radius 1 is 1.36 bits per heavy atom. The molecule has 0 aromatic heterocycles. The molecule has 0 saturated carbocycles. The second-order valence-corrected chi connectivity index (χ2v) is 3.67. The summed E-state index contributed by atoms with van der Waals surface area (Å²) >= 11 is 2.21. The van der Waals surface area contributed by atoms with Crippen molar-refractivity contribution in [3.05, 3.63) is 35.4 Å². The topological polar surface area (TPSA) is 29.1 Å². The molecule has 1 heterocycles. The van der Waals surface area contributed by atoms with Gasteiger partial charge >= 0.3 is 0 Å². The molecule has 1 amide bonds. The first kappa shape index (κ1) is 7.09. The number of fused-ring (bicyclic) bond motifs is 1. The summed E-state index contributed by atoms with van der Waals surface area (Å²) < 4.78 is 0.149. The third kappa shape index (κ3) is 1.03. The Balaban J connectivity index is 2.60. The van der Waals surface area contributed by atoms with E-state index >= 15 is 0 Å². The Hall–Kier alpha value is -0.580. The van der Waals surface area contributed by atoms with Crippen molar-refractivity contribution in [2.24, 2.45) is 0 Å². The van der Waals surface area contributed by atoms with E-state index < -0.39 is 0 Å². The van der Waals surface area contributed by atoms with Crippen molar-refractivity contribution in [3.63, 3.8) is 0 Å². The van der Waals surface area contributed by atoms with Crippen LogP contribution < -0.4 is 5.32 Å². The lowest BCUT2D eigenvalue weighted by atomic mass is 10.1. The molecule has 0 bridgehead atoms. The van der Waals surface area contributed by atoms with Crippen molar-refractivity contribution in [1.29, 1.82) is 0 Å². The van der Waals surface area contributed by atoms with E-state index in [1.165, 1.54) is 0 Å². The first-order valence-electron chi connectivity index (χ1n) is 3.33. The van der Waals surface area contributed by atoms with Crippen molar-refractivity contribution in [2.45, 2.75) is 4.05 Å². The Morgan fingerprint density at radius 3 is 2.82 bits per heavy atom. The second-order valence-electron chi connectivity index (χ2n) is 2.42. The number of carbonyl (C=O) groups excluding carboxylic acids is 1. The van der Waals surface area contributed by atoms with Crippen molar-refractivity contribution in [2.75, 3.05) is 0 Å². The summed E-state index contributed by atoms with van der Waals surface area (Å²) in [5.41, 5.74) is 1.91. The molecule has 56 valence electrons. The Morgan fingerprint density at radius 2 is 2.09 bits per heavy atom. The minimum Gasteiger partial charge on any atom is -0.336 e. The summed E-state index contributed by atoms with van der Waals surface area (Å²) in [4.78, 5) is 11.2. The van der Waals surface area contributed by atoms with Gasteiger partial charge in [0.1, 0.15) is 4.05 Å². The lowest BCUT2D eigenvalue weighted by Crippen LogP contribution is -2.14. The molecule has 0 spiro atoms. The number of rotatable bonds is 0. The van der Waals surface area contributed by atoms with Crippen LogP contribution in [-0.4, -0.2) is 5.91 Å². The maximum Gasteiger partial charge on any atom is 0.252 e. The van der Waals surface area contributed by atoms with Crippen LogP contribution in [0, 0.1) is 0 Å². The molecule has 1 aliphatic rings. The van der Waals surface area contributed by atoms with E-state index in [1.807, 2.05) is 24.3 Å². The monoisotopic (exact) mass is 259 g/mol. The number of amides is 1. The van der Waals surface area contributed by atoms with Gasteiger partial charge in [-0.1, -0.05) is 40.8 Å². The van der Waals surface area contributed by atoms with Crippen LogP contribution in [0.1, 0.15) is 20.0 Å². The highest BCUT2D eigenvalue weighted by molar-refractivity contribution is 14.1. The molecule has 1 N–H and O–H groups in total. The number of hydrogen-bond acceptors (Lipinski definition) is 1. The molecule has 1 atom stereocenters. The van der Waals surface area contributed by atoms with Crippen molar-refractivity contribution in [1.82, 2.24) is 5.32 Å². The van der Waals surface area contributed by atoms with Gasteiger partial charge in [-0.2, -0.15) is 0 Å². The molecule has 1 aromatic rings. The van der Waals surface area contributed by atoms with Crippen LogP contribution in [0.25, 0.3) is 0 Å². The summed E-state index contributed by atoms with van der Waals surface area (Å²) in [5, 5.41) is 2.83. The summed E-state index contributed by atoms with van der Waals surface area (Å²) in [6, 6.07) is 7.66. The van der Waals surface area contributed by atoms with Crippen LogP contribution in [0.15, 0.2) is 24.3 Å². The van der Waals surface area contributed by atoms with Gasteiger partial charge in [-0.25, -0.2) is 0 Å². The van der Waals surface area contributed by atoms with Gasteiger partial charge in [0.25, 0.3) is 5.91 Å². The number of nitrogens with one attached hydrogen (secondary N) is 1. The van der Waals surface area contributed by atoms with Crippen LogP contribution >= 0.6 is 22.6 Å². The highest BCUT2D eigenvalue weighted by Gasteiger charge is 2.24. The third-order valence-electron chi connectivity index (χ3n) is 1.74. The minimum atomic E-state index is 0.0417. The normalized spacial score (nSPS) is 21.2. The second kappa shape index (κ2) is 2.48. The number of benzene rings is 1. The number of halogens is 1. The van der Waals surface area contributed by atoms with E-state index in [2.05, 4.69) is 27.9 Å². The summed E-state index contributed by atoms with van der Waals surface area (Å²) in [5.74, 6) is 0.0417. The predicted octanol–water partition coefficient (Wildman–Crippen LogP) is 1.86. The zero-order valence-electron chi connectivity index (χ0n) is 5.67. The van der Waals surface area contributed by atoms with Crippen molar-refractivity contribution >= 4 is 28.5 Å². The third-order valence-corrected chi connectivity index (χ3v) is 2.72. The molecule has 2 rings (SSSR count). The summed E-state index contributed by atoms with van der Waals surface area (Å²) in [6.07, 6.45) is 0.